The molecule has 0 spiro atoms. The van der Waals surface area contributed by atoms with Crippen molar-refractivity contribution in [2.75, 3.05) is 14.2 Å². The molecule has 0 radical (unpaired) electrons. The predicted octanol–water partition coefficient (Wildman–Crippen LogP) is 6.44. The third-order valence-corrected chi connectivity index (χ3v) is 4.97. The predicted molar refractivity (Wildman–Crippen MR) is 123 cm³/mol. The SMILES string of the molecule is COc1ccc(-c2ccc(C#Cc3ccc(-c4ccc(OC)cc4)cc3)cc2)cc1. The molecule has 0 saturated carbocycles. The first kappa shape index (κ1) is 19.4. The monoisotopic (exact) mass is 390 g/mol. The lowest BCUT2D eigenvalue weighted by Gasteiger charge is -2.04. The topological polar surface area (TPSA) is 18.5 Å². The van der Waals surface area contributed by atoms with Crippen LogP contribution in [0.2, 0.25) is 0 Å². The molecule has 0 aliphatic rings. The molecule has 0 bridgehead atoms. The molecule has 4 aromatic carbocycles. The van der Waals surface area contributed by atoms with Gasteiger partial charge in [-0.05, 0) is 70.8 Å². The summed E-state index contributed by atoms with van der Waals surface area (Å²) in [7, 11) is 3.35. The van der Waals surface area contributed by atoms with Gasteiger partial charge < -0.3 is 9.47 Å². The van der Waals surface area contributed by atoms with Gasteiger partial charge in [0.05, 0.1) is 14.2 Å². The standard InChI is InChI=1S/C28H22O2/c1-29-27-17-13-25(14-18-27)23-9-5-21(6-10-23)3-4-22-7-11-24(12-8-22)26-15-19-28(30-2)20-16-26/h5-20H,1-2H3. The molecule has 0 aliphatic heterocycles. The molecule has 0 heterocycles. The molecule has 0 N–H and O–H groups in total. The minimum atomic E-state index is 0.860. The van der Waals surface area contributed by atoms with Crippen LogP contribution in [-0.4, -0.2) is 14.2 Å². The number of rotatable bonds is 4. The fourth-order valence-electron chi connectivity index (χ4n) is 3.20. The van der Waals surface area contributed by atoms with Gasteiger partial charge in [0.25, 0.3) is 0 Å². The molecule has 4 aromatic rings. The summed E-state index contributed by atoms with van der Waals surface area (Å²) in [5.74, 6) is 8.21. The van der Waals surface area contributed by atoms with Crippen LogP contribution in [0.1, 0.15) is 11.1 Å². The summed E-state index contributed by atoms with van der Waals surface area (Å²) in [6, 6.07) is 32.7. The summed E-state index contributed by atoms with van der Waals surface area (Å²) in [5.41, 5.74) is 6.62. The van der Waals surface area contributed by atoms with E-state index in [0.717, 1.165) is 44.9 Å². The Morgan fingerprint density at radius 3 is 0.933 bits per heavy atom. The van der Waals surface area contributed by atoms with Gasteiger partial charge in [0, 0.05) is 11.1 Å². The summed E-state index contributed by atoms with van der Waals surface area (Å²) in [5, 5.41) is 0. The quantitative estimate of drug-likeness (QED) is 0.373. The van der Waals surface area contributed by atoms with Crippen molar-refractivity contribution in [1.82, 2.24) is 0 Å². The summed E-state index contributed by atoms with van der Waals surface area (Å²) < 4.78 is 10.4. The first-order chi connectivity index (χ1) is 14.7. The van der Waals surface area contributed by atoms with Crippen LogP contribution in [0.4, 0.5) is 0 Å². The van der Waals surface area contributed by atoms with Crippen molar-refractivity contribution in [1.29, 1.82) is 0 Å². The van der Waals surface area contributed by atoms with Crippen LogP contribution in [0.3, 0.4) is 0 Å². The van der Waals surface area contributed by atoms with Crippen molar-refractivity contribution in [3.8, 4) is 45.6 Å². The number of methoxy groups -OCH3 is 2. The molecule has 0 amide bonds. The van der Waals surface area contributed by atoms with E-state index in [-0.39, 0.29) is 0 Å². The van der Waals surface area contributed by atoms with Gasteiger partial charge in [0.2, 0.25) is 0 Å². The van der Waals surface area contributed by atoms with Gasteiger partial charge in [-0.1, -0.05) is 60.4 Å². The average Bonchev–Trinajstić information content (AvgIpc) is 2.83. The van der Waals surface area contributed by atoms with Crippen molar-refractivity contribution >= 4 is 0 Å². The molecule has 0 fully saturated rings. The fourth-order valence-corrected chi connectivity index (χ4v) is 3.20. The van der Waals surface area contributed by atoms with E-state index in [4.69, 9.17) is 9.47 Å². The summed E-state index contributed by atoms with van der Waals surface area (Å²) in [4.78, 5) is 0. The summed E-state index contributed by atoms with van der Waals surface area (Å²) in [6.45, 7) is 0. The zero-order valence-corrected chi connectivity index (χ0v) is 17.1. The van der Waals surface area contributed by atoms with Crippen LogP contribution in [0.15, 0.2) is 97.1 Å². The smallest absolute Gasteiger partial charge is 0.118 e. The number of benzene rings is 4. The van der Waals surface area contributed by atoms with E-state index in [1.54, 1.807) is 14.2 Å². The maximum absolute atomic E-state index is 5.22. The lowest BCUT2D eigenvalue weighted by Crippen LogP contribution is -1.84. The normalized spacial score (nSPS) is 10.1. The van der Waals surface area contributed by atoms with E-state index in [2.05, 4.69) is 84.6 Å². The van der Waals surface area contributed by atoms with Crippen molar-refractivity contribution in [2.24, 2.45) is 0 Å². The lowest BCUT2D eigenvalue weighted by molar-refractivity contribution is 0.415. The highest BCUT2D eigenvalue weighted by atomic mass is 16.5. The molecule has 146 valence electrons. The number of hydrogen-bond donors (Lipinski definition) is 0. The molecule has 4 rings (SSSR count). The molecule has 0 aliphatic carbocycles. The third-order valence-electron chi connectivity index (χ3n) is 4.97. The van der Waals surface area contributed by atoms with Crippen LogP contribution >= 0.6 is 0 Å². The number of hydrogen-bond acceptors (Lipinski definition) is 2. The molecule has 0 saturated heterocycles. The maximum atomic E-state index is 5.22. The van der Waals surface area contributed by atoms with Gasteiger partial charge in [-0.25, -0.2) is 0 Å². The second-order valence-corrected chi connectivity index (χ2v) is 6.86. The van der Waals surface area contributed by atoms with E-state index < -0.39 is 0 Å². The van der Waals surface area contributed by atoms with Crippen molar-refractivity contribution in [3.63, 3.8) is 0 Å². The van der Waals surface area contributed by atoms with Gasteiger partial charge in [-0.2, -0.15) is 0 Å². The zero-order chi connectivity index (χ0) is 20.8. The molecule has 30 heavy (non-hydrogen) atoms. The van der Waals surface area contributed by atoms with Gasteiger partial charge in [0.15, 0.2) is 0 Å². The summed E-state index contributed by atoms with van der Waals surface area (Å²) >= 11 is 0. The molecule has 2 nitrogen and oxygen atoms in total. The first-order valence-corrected chi connectivity index (χ1v) is 9.76. The van der Waals surface area contributed by atoms with Gasteiger partial charge >= 0.3 is 0 Å². The Kier molecular flexibility index (Phi) is 5.83. The van der Waals surface area contributed by atoms with E-state index in [1.807, 2.05) is 24.3 Å². The minimum absolute atomic E-state index is 0.860. The fraction of sp³-hybridized carbons (Fsp3) is 0.0714. The Morgan fingerprint density at radius 1 is 0.400 bits per heavy atom. The lowest BCUT2D eigenvalue weighted by atomic mass is 10.0. The Bertz CT molecular complexity index is 1060. The van der Waals surface area contributed by atoms with E-state index in [0.29, 0.717) is 0 Å². The van der Waals surface area contributed by atoms with Crippen LogP contribution in [-0.2, 0) is 0 Å². The highest BCUT2D eigenvalue weighted by Crippen LogP contribution is 2.24. The highest BCUT2D eigenvalue weighted by Gasteiger charge is 2.00. The molecule has 0 aromatic heterocycles. The van der Waals surface area contributed by atoms with Crippen LogP contribution in [0.5, 0.6) is 11.5 Å². The number of ether oxygens (including phenoxy) is 2. The van der Waals surface area contributed by atoms with Crippen LogP contribution in [0, 0.1) is 11.8 Å². The van der Waals surface area contributed by atoms with Crippen LogP contribution < -0.4 is 9.47 Å². The van der Waals surface area contributed by atoms with E-state index in [9.17, 15) is 0 Å². The highest BCUT2D eigenvalue weighted by molar-refractivity contribution is 5.66. The Balaban J connectivity index is 1.46. The molecule has 2 heteroatoms. The maximum Gasteiger partial charge on any atom is 0.118 e. The first-order valence-electron chi connectivity index (χ1n) is 9.76. The van der Waals surface area contributed by atoms with E-state index in [1.165, 1.54) is 0 Å². The molecular weight excluding hydrogens is 368 g/mol. The van der Waals surface area contributed by atoms with Crippen molar-refractivity contribution in [2.45, 2.75) is 0 Å². The third kappa shape index (κ3) is 4.54. The van der Waals surface area contributed by atoms with Gasteiger partial charge in [0.1, 0.15) is 11.5 Å². The minimum Gasteiger partial charge on any atom is -0.497 e. The summed E-state index contributed by atoms with van der Waals surface area (Å²) in [6.07, 6.45) is 0. The Labute approximate surface area is 177 Å². The zero-order valence-electron chi connectivity index (χ0n) is 17.1. The molecule has 0 atom stereocenters. The average molecular weight is 390 g/mol. The van der Waals surface area contributed by atoms with Gasteiger partial charge in [-0.15, -0.1) is 0 Å². The van der Waals surface area contributed by atoms with Crippen molar-refractivity contribution in [3.05, 3.63) is 108 Å². The Morgan fingerprint density at radius 2 is 0.667 bits per heavy atom. The second kappa shape index (κ2) is 9.03. The van der Waals surface area contributed by atoms with Crippen molar-refractivity contribution < 1.29 is 9.47 Å². The molecular formula is C28H22O2. The molecule has 0 unspecified atom stereocenters. The largest absolute Gasteiger partial charge is 0.497 e. The second-order valence-electron chi connectivity index (χ2n) is 6.86. The van der Waals surface area contributed by atoms with E-state index >= 15 is 0 Å². The van der Waals surface area contributed by atoms with Crippen LogP contribution in [0.25, 0.3) is 22.3 Å². The van der Waals surface area contributed by atoms with Gasteiger partial charge in [-0.3, -0.25) is 0 Å². The Hall–Kier alpha value is -3.96.